The molecule has 2 N–H and O–H groups in total. The normalized spacial score (nSPS) is 19.3. The van der Waals surface area contributed by atoms with Crippen LogP contribution in [-0.2, 0) is 4.79 Å². The first-order valence-electron chi connectivity index (χ1n) is 9.83. The molecule has 0 fully saturated rings. The maximum atomic E-state index is 14.2. The Bertz CT molecular complexity index is 982. The smallest absolute Gasteiger partial charge is 0.328 e. The summed E-state index contributed by atoms with van der Waals surface area (Å²) in [5, 5.41) is 12.2. The molecule has 1 aromatic heterocycles. The Labute approximate surface area is 173 Å². The van der Waals surface area contributed by atoms with Gasteiger partial charge < -0.3 is 5.32 Å². The van der Waals surface area contributed by atoms with Crippen LogP contribution in [0.5, 0.6) is 0 Å². The monoisotopic (exact) mass is 416 g/mol. The van der Waals surface area contributed by atoms with Gasteiger partial charge in [-0.1, -0.05) is 55.5 Å². The van der Waals surface area contributed by atoms with Crippen LogP contribution in [0.2, 0.25) is 0 Å². The number of unbranched alkanes of at least 4 members (excludes halogenated alkanes) is 3. The maximum absolute atomic E-state index is 14.2. The minimum Gasteiger partial charge on any atom is -0.328 e. The van der Waals surface area contributed by atoms with Gasteiger partial charge in [-0.25, -0.2) is 0 Å². The quantitative estimate of drug-likeness (QED) is 0.560. The molecule has 1 atom stereocenters. The topological polar surface area (TPSA) is 70.7 Å². The highest BCUT2D eigenvalue weighted by molar-refractivity contribution is 6.28. The SMILES string of the molecule is CCCCCC#CC1(C(F)(F)F)CC(c2ccc(C)cc2)=C(c2cn[nH]n2)C(=O)N1. The third-order valence-electron chi connectivity index (χ3n) is 5.06. The molecule has 0 spiro atoms. The van der Waals surface area contributed by atoms with E-state index in [4.69, 9.17) is 0 Å². The van der Waals surface area contributed by atoms with Gasteiger partial charge in [-0.3, -0.25) is 4.79 Å². The van der Waals surface area contributed by atoms with Gasteiger partial charge in [0, 0.05) is 12.8 Å². The van der Waals surface area contributed by atoms with Crippen LogP contribution in [0, 0.1) is 18.8 Å². The van der Waals surface area contributed by atoms with E-state index in [-0.39, 0.29) is 16.8 Å². The predicted molar refractivity (Wildman–Crippen MR) is 108 cm³/mol. The molecule has 0 saturated heterocycles. The van der Waals surface area contributed by atoms with E-state index >= 15 is 0 Å². The fraction of sp³-hybridized carbons (Fsp3) is 0.409. The van der Waals surface area contributed by atoms with Crippen molar-refractivity contribution >= 4 is 17.1 Å². The van der Waals surface area contributed by atoms with E-state index in [1.54, 1.807) is 24.3 Å². The van der Waals surface area contributed by atoms with Crippen LogP contribution >= 0.6 is 0 Å². The van der Waals surface area contributed by atoms with Gasteiger partial charge in [0.2, 0.25) is 5.54 Å². The number of hydrogen-bond acceptors (Lipinski definition) is 3. The maximum Gasteiger partial charge on any atom is 0.423 e. The Morgan fingerprint density at radius 3 is 2.53 bits per heavy atom. The average Bonchev–Trinajstić information content (AvgIpc) is 3.21. The Balaban J connectivity index is 2.11. The van der Waals surface area contributed by atoms with Gasteiger partial charge in [-0.15, -0.1) is 5.92 Å². The van der Waals surface area contributed by atoms with Crippen molar-refractivity contribution in [3.8, 4) is 11.8 Å². The fourth-order valence-corrected chi connectivity index (χ4v) is 3.38. The van der Waals surface area contributed by atoms with Gasteiger partial charge in [0.05, 0.1) is 11.8 Å². The van der Waals surface area contributed by atoms with Crippen LogP contribution in [0.4, 0.5) is 13.2 Å². The van der Waals surface area contributed by atoms with Crippen molar-refractivity contribution in [1.29, 1.82) is 0 Å². The van der Waals surface area contributed by atoms with E-state index in [0.717, 1.165) is 24.8 Å². The zero-order valence-corrected chi connectivity index (χ0v) is 16.9. The molecule has 2 heterocycles. The molecule has 30 heavy (non-hydrogen) atoms. The third kappa shape index (κ3) is 4.40. The highest BCUT2D eigenvalue weighted by Crippen LogP contribution is 2.43. The van der Waals surface area contributed by atoms with Gasteiger partial charge in [0.25, 0.3) is 5.91 Å². The van der Waals surface area contributed by atoms with E-state index < -0.39 is 24.0 Å². The molecule has 5 nitrogen and oxygen atoms in total. The number of halogens is 3. The highest BCUT2D eigenvalue weighted by Gasteiger charge is 2.58. The zero-order valence-electron chi connectivity index (χ0n) is 16.9. The minimum atomic E-state index is -4.74. The molecule has 1 aromatic carbocycles. The summed E-state index contributed by atoms with van der Waals surface area (Å²) in [6.07, 6.45) is -1.02. The number of carbonyl (C=O) groups is 1. The average molecular weight is 416 g/mol. The van der Waals surface area contributed by atoms with Gasteiger partial charge in [-0.2, -0.15) is 28.6 Å². The molecule has 0 aliphatic carbocycles. The van der Waals surface area contributed by atoms with E-state index in [2.05, 4.69) is 32.6 Å². The van der Waals surface area contributed by atoms with Crippen molar-refractivity contribution < 1.29 is 18.0 Å². The van der Waals surface area contributed by atoms with Crippen LogP contribution in [0.15, 0.2) is 30.5 Å². The number of alkyl halides is 3. The van der Waals surface area contributed by atoms with E-state index in [0.29, 0.717) is 12.0 Å². The van der Waals surface area contributed by atoms with Gasteiger partial charge in [-0.05, 0) is 24.5 Å². The van der Waals surface area contributed by atoms with Crippen LogP contribution in [0.3, 0.4) is 0 Å². The summed E-state index contributed by atoms with van der Waals surface area (Å²) in [6.45, 7) is 3.89. The van der Waals surface area contributed by atoms with Crippen molar-refractivity contribution in [2.24, 2.45) is 0 Å². The highest BCUT2D eigenvalue weighted by atomic mass is 19.4. The van der Waals surface area contributed by atoms with Crippen LogP contribution in [0.25, 0.3) is 11.1 Å². The molecular weight excluding hydrogens is 393 g/mol. The van der Waals surface area contributed by atoms with Crippen molar-refractivity contribution in [3.63, 3.8) is 0 Å². The molecule has 3 rings (SSSR count). The molecule has 1 aliphatic rings. The number of aromatic nitrogens is 3. The largest absolute Gasteiger partial charge is 0.423 e. The van der Waals surface area contributed by atoms with Crippen LogP contribution in [0.1, 0.15) is 55.8 Å². The molecule has 8 heteroatoms. The lowest BCUT2D eigenvalue weighted by Crippen LogP contribution is -2.60. The van der Waals surface area contributed by atoms with E-state index in [1.807, 2.05) is 13.8 Å². The summed E-state index contributed by atoms with van der Waals surface area (Å²) in [4.78, 5) is 12.9. The summed E-state index contributed by atoms with van der Waals surface area (Å²) in [5.41, 5.74) is -0.665. The summed E-state index contributed by atoms with van der Waals surface area (Å²) < 4.78 is 42.6. The standard InChI is InChI=1S/C22H23F3N4O/c1-3-4-5-6-7-12-21(22(23,24)25)13-17(16-10-8-15(2)9-11-16)19(20(30)27-21)18-14-26-29-28-18/h8-11,14H,3-6,13H2,1-2H3,(H,27,30)(H,26,28,29). The second-order valence-electron chi connectivity index (χ2n) is 7.37. The summed E-state index contributed by atoms with van der Waals surface area (Å²) >= 11 is 0. The number of H-pyrrole nitrogens is 1. The minimum absolute atomic E-state index is 0.0697. The number of hydrogen-bond donors (Lipinski definition) is 2. The number of benzene rings is 1. The first-order chi connectivity index (χ1) is 14.3. The number of aromatic amines is 1. The van der Waals surface area contributed by atoms with Crippen LogP contribution in [-0.4, -0.2) is 33.0 Å². The Morgan fingerprint density at radius 1 is 1.20 bits per heavy atom. The summed E-state index contributed by atoms with van der Waals surface area (Å²) in [6, 6.07) is 7.00. The molecule has 0 bridgehead atoms. The van der Waals surface area contributed by atoms with E-state index in [1.165, 1.54) is 6.20 Å². The molecular formula is C22H23F3N4O. The van der Waals surface area contributed by atoms with Crippen molar-refractivity contribution in [3.05, 3.63) is 47.3 Å². The van der Waals surface area contributed by atoms with Crippen molar-refractivity contribution in [2.75, 3.05) is 0 Å². The fourth-order valence-electron chi connectivity index (χ4n) is 3.38. The van der Waals surface area contributed by atoms with Gasteiger partial charge >= 0.3 is 6.18 Å². The number of rotatable bonds is 5. The lowest BCUT2D eigenvalue weighted by Gasteiger charge is -2.37. The third-order valence-corrected chi connectivity index (χ3v) is 5.06. The Kier molecular flexibility index (Phi) is 6.30. The predicted octanol–water partition coefficient (Wildman–Crippen LogP) is 4.43. The number of aryl methyl sites for hydroxylation is 1. The van der Waals surface area contributed by atoms with E-state index in [9.17, 15) is 18.0 Å². The second kappa shape index (κ2) is 8.74. The number of nitrogens with one attached hydrogen (secondary N) is 2. The molecule has 1 unspecified atom stereocenters. The lowest BCUT2D eigenvalue weighted by molar-refractivity contribution is -0.180. The summed E-state index contributed by atoms with van der Waals surface area (Å²) in [7, 11) is 0. The Morgan fingerprint density at radius 2 is 1.93 bits per heavy atom. The molecule has 0 saturated carbocycles. The molecule has 1 amide bonds. The molecule has 158 valence electrons. The van der Waals surface area contributed by atoms with Gasteiger partial charge in [0.1, 0.15) is 5.69 Å². The molecule has 0 radical (unpaired) electrons. The molecule has 1 aliphatic heterocycles. The first-order valence-corrected chi connectivity index (χ1v) is 9.83. The zero-order chi connectivity index (χ0) is 21.8. The van der Waals surface area contributed by atoms with Crippen LogP contribution < -0.4 is 5.32 Å². The molecule has 2 aromatic rings. The Hall–Kier alpha value is -3.08. The first kappa shape index (κ1) is 21.6. The second-order valence-corrected chi connectivity index (χ2v) is 7.37. The van der Waals surface area contributed by atoms with Gasteiger partial charge in [0.15, 0.2) is 0 Å². The number of nitrogens with zero attached hydrogens (tertiary/aromatic N) is 2. The number of amides is 1. The number of carbonyl (C=O) groups excluding carboxylic acids is 1. The van der Waals surface area contributed by atoms with Crippen molar-refractivity contribution in [1.82, 2.24) is 20.7 Å². The lowest BCUT2D eigenvalue weighted by atomic mass is 9.80. The van der Waals surface area contributed by atoms with Crippen molar-refractivity contribution in [2.45, 2.75) is 57.7 Å². The summed E-state index contributed by atoms with van der Waals surface area (Å²) in [5.74, 6) is 4.13.